The third-order valence-corrected chi connectivity index (χ3v) is 1.96. The summed E-state index contributed by atoms with van der Waals surface area (Å²) in [5.41, 5.74) is 0.962. The molecule has 1 radical (unpaired) electrons. The van der Waals surface area contributed by atoms with Crippen molar-refractivity contribution in [3.05, 3.63) is 33.8 Å². The van der Waals surface area contributed by atoms with Gasteiger partial charge in [-0.15, -0.1) is 0 Å². The Hall–Kier alpha value is -0.200. The Kier molecular flexibility index (Phi) is 1.99. The van der Waals surface area contributed by atoms with Crippen LogP contribution in [-0.2, 0) is 0 Å². The molecule has 0 N–H and O–H groups in total. The molecule has 1 rings (SSSR count). The fourth-order valence-corrected chi connectivity index (χ4v) is 0.876. The van der Waals surface area contributed by atoms with E-state index < -0.39 is 0 Å². The van der Waals surface area contributed by atoms with Crippen molar-refractivity contribution < 1.29 is 0 Å². The summed E-state index contributed by atoms with van der Waals surface area (Å²) in [4.78, 5) is 0. The van der Waals surface area contributed by atoms with Gasteiger partial charge in [-0.1, -0.05) is 23.2 Å². The highest BCUT2D eigenvalue weighted by atomic mass is 35.5. The maximum atomic E-state index is 5.73. The first-order valence-electron chi connectivity index (χ1n) is 2.53. The molecule has 1 aromatic rings. The van der Waals surface area contributed by atoms with Gasteiger partial charge in [-0.3, -0.25) is 0 Å². The molecule has 0 fully saturated rings. The molecule has 0 aliphatic rings. The topological polar surface area (TPSA) is 0 Å². The van der Waals surface area contributed by atoms with Crippen molar-refractivity contribution in [2.45, 2.75) is 6.92 Å². The Morgan fingerprint density at radius 3 is 2.44 bits per heavy atom. The molecule has 0 aromatic heterocycles. The first kappa shape index (κ1) is 6.91. The van der Waals surface area contributed by atoms with Gasteiger partial charge in [0.05, 0.1) is 10.0 Å². The van der Waals surface area contributed by atoms with Crippen molar-refractivity contribution in [2.24, 2.45) is 0 Å². The smallest absolute Gasteiger partial charge is 0.0621 e. The molecule has 0 spiro atoms. The van der Waals surface area contributed by atoms with E-state index in [4.69, 9.17) is 23.2 Å². The second-order valence-corrected chi connectivity index (χ2v) is 2.59. The first-order valence-corrected chi connectivity index (χ1v) is 3.29. The van der Waals surface area contributed by atoms with Crippen LogP contribution in [0.1, 0.15) is 5.56 Å². The van der Waals surface area contributed by atoms with E-state index in [0.29, 0.717) is 10.0 Å². The lowest BCUT2D eigenvalue weighted by molar-refractivity contribution is 1.47. The van der Waals surface area contributed by atoms with E-state index >= 15 is 0 Å². The summed E-state index contributed by atoms with van der Waals surface area (Å²) >= 11 is 11.4. The van der Waals surface area contributed by atoms with Gasteiger partial charge in [0.2, 0.25) is 0 Å². The van der Waals surface area contributed by atoms with Crippen molar-refractivity contribution in [2.75, 3.05) is 0 Å². The zero-order valence-corrected chi connectivity index (χ0v) is 6.42. The minimum atomic E-state index is 0.566. The van der Waals surface area contributed by atoms with Crippen LogP contribution in [0.25, 0.3) is 0 Å². The minimum Gasteiger partial charge on any atom is -0.0827 e. The van der Waals surface area contributed by atoms with Crippen molar-refractivity contribution >= 4 is 23.2 Å². The maximum Gasteiger partial charge on any atom is 0.0621 e. The van der Waals surface area contributed by atoms with E-state index in [9.17, 15) is 0 Å². The molecule has 1 aromatic carbocycles. The average molecular weight is 160 g/mol. The van der Waals surface area contributed by atoms with Gasteiger partial charge in [0.1, 0.15) is 0 Å². The zero-order valence-electron chi connectivity index (χ0n) is 4.91. The van der Waals surface area contributed by atoms with Gasteiger partial charge in [-0.25, -0.2) is 0 Å². The minimum absolute atomic E-state index is 0.566. The molecule has 0 amide bonds. The summed E-state index contributed by atoms with van der Waals surface area (Å²) in [6.45, 7) is 1.89. The quantitative estimate of drug-likeness (QED) is 0.546. The van der Waals surface area contributed by atoms with Gasteiger partial charge in [0.25, 0.3) is 0 Å². The average Bonchev–Trinajstić information content (AvgIpc) is 1.83. The van der Waals surface area contributed by atoms with Gasteiger partial charge in [-0.2, -0.15) is 0 Å². The lowest BCUT2D eigenvalue weighted by Crippen LogP contribution is -1.73. The molecular formula is C7H5Cl2. The molecule has 9 heavy (non-hydrogen) atoms. The van der Waals surface area contributed by atoms with Gasteiger partial charge in [-0.05, 0) is 30.7 Å². The summed E-state index contributed by atoms with van der Waals surface area (Å²) in [5.74, 6) is 0. The van der Waals surface area contributed by atoms with E-state index in [1.54, 1.807) is 12.1 Å². The number of rotatable bonds is 0. The fraction of sp³-hybridized carbons (Fsp3) is 0.143. The molecule has 0 heterocycles. The van der Waals surface area contributed by atoms with Crippen molar-refractivity contribution in [3.63, 3.8) is 0 Å². The zero-order chi connectivity index (χ0) is 6.85. The Morgan fingerprint density at radius 2 is 2.00 bits per heavy atom. The molecule has 0 atom stereocenters. The Morgan fingerprint density at radius 1 is 1.33 bits per heavy atom. The predicted molar refractivity (Wildman–Crippen MR) is 40.0 cm³/mol. The highest BCUT2D eigenvalue weighted by Crippen LogP contribution is 2.23. The highest BCUT2D eigenvalue weighted by Gasteiger charge is 1.96. The summed E-state index contributed by atoms with van der Waals surface area (Å²) in [7, 11) is 0. The Labute approximate surface area is 64.4 Å². The van der Waals surface area contributed by atoms with Crippen LogP contribution >= 0.6 is 23.2 Å². The molecule has 0 aliphatic heterocycles. The number of hydrogen-bond acceptors (Lipinski definition) is 0. The van der Waals surface area contributed by atoms with Crippen LogP contribution in [0.4, 0.5) is 0 Å². The van der Waals surface area contributed by atoms with Crippen LogP contribution in [0.15, 0.2) is 12.1 Å². The summed E-state index contributed by atoms with van der Waals surface area (Å²) in [6.07, 6.45) is 0. The number of halogens is 2. The molecular weight excluding hydrogens is 155 g/mol. The van der Waals surface area contributed by atoms with Crippen LogP contribution in [0.2, 0.25) is 10.0 Å². The van der Waals surface area contributed by atoms with Crippen LogP contribution in [0.5, 0.6) is 0 Å². The molecule has 0 nitrogen and oxygen atoms in total. The van der Waals surface area contributed by atoms with E-state index in [0.717, 1.165) is 5.56 Å². The van der Waals surface area contributed by atoms with Gasteiger partial charge in [0, 0.05) is 0 Å². The van der Waals surface area contributed by atoms with Crippen LogP contribution < -0.4 is 0 Å². The molecule has 0 aliphatic carbocycles. The normalized spacial score (nSPS) is 9.67. The molecule has 2 heteroatoms. The van der Waals surface area contributed by atoms with Crippen molar-refractivity contribution in [1.82, 2.24) is 0 Å². The predicted octanol–water partition coefficient (Wildman–Crippen LogP) is 3.10. The summed E-state index contributed by atoms with van der Waals surface area (Å²) in [5, 5.41) is 1.19. The highest BCUT2D eigenvalue weighted by molar-refractivity contribution is 6.42. The first-order chi connectivity index (χ1) is 4.22. The number of aryl methyl sites for hydroxylation is 1. The summed E-state index contributed by atoms with van der Waals surface area (Å²) < 4.78 is 0. The van der Waals surface area contributed by atoms with Gasteiger partial charge < -0.3 is 0 Å². The number of hydrogen-bond donors (Lipinski definition) is 0. The van der Waals surface area contributed by atoms with Crippen LogP contribution in [0, 0.1) is 13.0 Å². The van der Waals surface area contributed by atoms with Gasteiger partial charge >= 0.3 is 0 Å². The molecule has 0 saturated heterocycles. The van der Waals surface area contributed by atoms with E-state index in [-0.39, 0.29) is 0 Å². The lowest BCUT2D eigenvalue weighted by atomic mass is 10.2. The largest absolute Gasteiger partial charge is 0.0827 e. The van der Waals surface area contributed by atoms with E-state index in [1.807, 2.05) is 6.92 Å². The maximum absolute atomic E-state index is 5.73. The van der Waals surface area contributed by atoms with Crippen LogP contribution in [0.3, 0.4) is 0 Å². The standard InChI is InChI=1S/C7H5Cl2/c1-5-3-2-4-6(8)7(5)9/h3-4H,1H3. The lowest BCUT2D eigenvalue weighted by Gasteiger charge is -1.95. The number of benzene rings is 1. The fourth-order valence-electron chi connectivity index (χ4n) is 0.555. The molecule has 0 unspecified atom stereocenters. The monoisotopic (exact) mass is 159 g/mol. The van der Waals surface area contributed by atoms with E-state index in [2.05, 4.69) is 6.07 Å². The third kappa shape index (κ3) is 1.38. The SMILES string of the molecule is Cc1c[c]cc(Cl)c1Cl. The molecule has 47 valence electrons. The third-order valence-electron chi connectivity index (χ3n) is 1.07. The Balaban J connectivity index is 3.25. The molecule has 0 saturated carbocycles. The van der Waals surface area contributed by atoms with Crippen LogP contribution in [-0.4, -0.2) is 0 Å². The van der Waals surface area contributed by atoms with Gasteiger partial charge in [0.15, 0.2) is 0 Å². The summed E-state index contributed by atoms with van der Waals surface area (Å²) in [6, 6.07) is 6.30. The second-order valence-electron chi connectivity index (χ2n) is 1.80. The van der Waals surface area contributed by atoms with Crippen molar-refractivity contribution in [3.8, 4) is 0 Å². The second kappa shape index (κ2) is 2.59. The Bertz CT molecular complexity index is 198. The molecule has 0 bridgehead atoms. The van der Waals surface area contributed by atoms with Crippen molar-refractivity contribution in [1.29, 1.82) is 0 Å². The van der Waals surface area contributed by atoms with E-state index in [1.165, 1.54) is 0 Å².